The van der Waals surface area contributed by atoms with Gasteiger partial charge in [0, 0.05) is 18.6 Å². The van der Waals surface area contributed by atoms with E-state index in [0.717, 1.165) is 21.8 Å². The molecule has 0 amide bonds. The van der Waals surface area contributed by atoms with Crippen LogP contribution in [0, 0.1) is 0 Å². The van der Waals surface area contributed by atoms with Crippen molar-refractivity contribution < 1.29 is 0 Å². The topological polar surface area (TPSA) is 30.7 Å². The fourth-order valence-electron chi connectivity index (χ4n) is 2.00. The minimum atomic E-state index is 0.913. The summed E-state index contributed by atoms with van der Waals surface area (Å²) in [6, 6.07) is 20.9. The minimum Gasteiger partial charge on any atom is -0.300 e. The van der Waals surface area contributed by atoms with Gasteiger partial charge < -0.3 is 4.57 Å². The van der Waals surface area contributed by atoms with Gasteiger partial charge in [-0.2, -0.15) is 0 Å². The summed E-state index contributed by atoms with van der Waals surface area (Å²) < 4.78 is 2.07. The third kappa shape index (κ3) is 3.93. The summed E-state index contributed by atoms with van der Waals surface area (Å²) in [4.78, 5) is 0. The zero-order valence-corrected chi connectivity index (χ0v) is 14.0. The summed E-state index contributed by atoms with van der Waals surface area (Å²) in [5, 5.41) is 10.5. The van der Waals surface area contributed by atoms with Crippen molar-refractivity contribution in [2.24, 2.45) is 7.05 Å². The lowest BCUT2D eigenvalue weighted by Gasteiger charge is -2.04. The van der Waals surface area contributed by atoms with Crippen LogP contribution in [-0.2, 0) is 18.6 Å². The number of nitrogens with zero attached hydrogens (tertiary/aromatic N) is 3. The summed E-state index contributed by atoms with van der Waals surface area (Å²) in [5.41, 5.74) is 2.60. The zero-order chi connectivity index (χ0) is 15.2. The van der Waals surface area contributed by atoms with Crippen LogP contribution in [0.1, 0.15) is 11.1 Å². The number of aromatic nitrogens is 3. The lowest BCUT2D eigenvalue weighted by molar-refractivity contribution is 0.722. The average Bonchev–Trinajstić information content (AvgIpc) is 2.93. The van der Waals surface area contributed by atoms with Crippen molar-refractivity contribution in [3.8, 4) is 0 Å². The lowest BCUT2D eigenvalue weighted by Crippen LogP contribution is -1.94. The molecule has 3 aromatic rings. The van der Waals surface area contributed by atoms with Crippen LogP contribution in [0.2, 0.25) is 0 Å². The molecule has 5 heteroatoms. The summed E-state index contributed by atoms with van der Waals surface area (Å²) in [7, 11) is 2.03. The maximum atomic E-state index is 4.30. The van der Waals surface area contributed by atoms with Gasteiger partial charge in [0.15, 0.2) is 10.3 Å². The van der Waals surface area contributed by atoms with E-state index in [1.807, 2.05) is 19.2 Å². The molecule has 0 aliphatic heterocycles. The largest absolute Gasteiger partial charge is 0.300 e. The van der Waals surface area contributed by atoms with Gasteiger partial charge in [0.25, 0.3) is 0 Å². The van der Waals surface area contributed by atoms with Crippen molar-refractivity contribution in [3.63, 3.8) is 0 Å². The predicted octanol–water partition coefficient (Wildman–Crippen LogP) is 4.40. The van der Waals surface area contributed by atoms with Gasteiger partial charge in [-0.1, -0.05) is 84.2 Å². The molecule has 0 radical (unpaired) electrons. The van der Waals surface area contributed by atoms with Crippen LogP contribution in [0.3, 0.4) is 0 Å². The highest BCUT2D eigenvalue weighted by atomic mass is 32.2. The van der Waals surface area contributed by atoms with E-state index < -0.39 is 0 Å². The van der Waals surface area contributed by atoms with Gasteiger partial charge in [-0.25, -0.2) is 0 Å². The molecule has 3 rings (SSSR count). The predicted molar refractivity (Wildman–Crippen MR) is 93.0 cm³/mol. The molecule has 0 atom stereocenters. The van der Waals surface area contributed by atoms with Gasteiger partial charge in [0.05, 0.1) is 0 Å². The van der Waals surface area contributed by atoms with Crippen molar-refractivity contribution >= 4 is 23.5 Å². The van der Waals surface area contributed by atoms with E-state index in [4.69, 9.17) is 0 Å². The average molecular weight is 327 g/mol. The van der Waals surface area contributed by atoms with Crippen molar-refractivity contribution in [1.82, 2.24) is 14.8 Å². The molecule has 1 heterocycles. The van der Waals surface area contributed by atoms with Crippen molar-refractivity contribution in [2.75, 3.05) is 0 Å². The first-order valence-electron chi connectivity index (χ1n) is 7.06. The van der Waals surface area contributed by atoms with Crippen LogP contribution in [0.5, 0.6) is 0 Å². The van der Waals surface area contributed by atoms with Crippen LogP contribution in [-0.4, -0.2) is 14.8 Å². The Morgan fingerprint density at radius 2 is 1.14 bits per heavy atom. The van der Waals surface area contributed by atoms with Gasteiger partial charge in [0.2, 0.25) is 0 Å². The number of benzene rings is 2. The molecule has 0 saturated carbocycles. The van der Waals surface area contributed by atoms with Crippen LogP contribution in [0.25, 0.3) is 0 Å². The molecular weight excluding hydrogens is 310 g/mol. The smallest absolute Gasteiger partial charge is 0.191 e. The van der Waals surface area contributed by atoms with Crippen LogP contribution in [0.4, 0.5) is 0 Å². The quantitative estimate of drug-likeness (QED) is 0.628. The van der Waals surface area contributed by atoms with E-state index in [1.54, 1.807) is 23.5 Å². The Kier molecular flexibility index (Phi) is 5.19. The third-order valence-electron chi connectivity index (χ3n) is 3.22. The monoisotopic (exact) mass is 327 g/mol. The molecule has 0 unspecified atom stereocenters. The Morgan fingerprint density at radius 3 is 1.55 bits per heavy atom. The molecule has 0 aliphatic rings. The van der Waals surface area contributed by atoms with Crippen LogP contribution >= 0.6 is 23.5 Å². The SMILES string of the molecule is Cn1c(SCc2ccccc2)nnc1SCc1ccccc1. The molecule has 3 nitrogen and oxygen atoms in total. The Bertz CT molecular complexity index is 650. The molecule has 0 fully saturated rings. The first-order chi connectivity index (χ1) is 10.8. The Labute approximate surface area is 139 Å². The molecule has 0 spiro atoms. The normalized spacial score (nSPS) is 10.8. The second-order valence-corrected chi connectivity index (χ2v) is 6.76. The Balaban J connectivity index is 1.60. The highest BCUT2D eigenvalue weighted by Gasteiger charge is 2.10. The Hall–Kier alpha value is -1.72. The number of rotatable bonds is 6. The van der Waals surface area contributed by atoms with Gasteiger partial charge in [-0.3, -0.25) is 0 Å². The van der Waals surface area contributed by atoms with E-state index in [0.29, 0.717) is 0 Å². The van der Waals surface area contributed by atoms with Crippen LogP contribution < -0.4 is 0 Å². The molecule has 0 bridgehead atoms. The van der Waals surface area contributed by atoms with Crippen molar-refractivity contribution in [3.05, 3.63) is 71.8 Å². The van der Waals surface area contributed by atoms with Crippen molar-refractivity contribution in [1.29, 1.82) is 0 Å². The second-order valence-electron chi connectivity index (χ2n) is 4.87. The highest BCUT2D eigenvalue weighted by molar-refractivity contribution is 7.99. The van der Waals surface area contributed by atoms with Gasteiger partial charge in [0.1, 0.15) is 0 Å². The number of thioether (sulfide) groups is 2. The standard InChI is InChI=1S/C17H17N3S2/c1-20-16(21-12-14-8-4-2-5-9-14)18-19-17(20)22-13-15-10-6-3-7-11-15/h2-11H,12-13H2,1H3. The molecule has 0 N–H and O–H groups in total. The van der Waals surface area contributed by atoms with Crippen molar-refractivity contribution in [2.45, 2.75) is 21.8 Å². The molecule has 0 aliphatic carbocycles. The molecule has 22 heavy (non-hydrogen) atoms. The van der Waals surface area contributed by atoms with Gasteiger partial charge in [-0.05, 0) is 11.1 Å². The maximum Gasteiger partial charge on any atom is 0.191 e. The second kappa shape index (κ2) is 7.51. The van der Waals surface area contributed by atoms with E-state index in [9.17, 15) is 0 Å². The minimum absolute atomic E-state index is 0.913. The first kappa shape index (κ1) is 15.2. The molecule has 112 valence electrons. The summed E-state index contributed by atoms with van der Waals surface area (Å²) in [6.07, 6.45) is 0. The molecule has 1 aromatic heterocycles. The van der Waals surface area contributed by atoms with Gasteiger partial charge >= 0.3 is 0 Å². The van der Waals surface area contributed by atoms with E-state index in [1.165, 1.54) is 11.1 Å². The lowest BCUT2D eigenvalue weighted by atomic mass is 10.2. The summed E-state index contributed by atoms with van der Waals surface area (Å²) >= 11 is 3.44. The van der Waals surface area contributed by atoms with E-state index in [2.05, 4.69) is 63.3 Å². The van der Waals surface area contributed by atoms with Gasteiger partial charge in [-0.15, -0.1) is 10.2 Å². The van der Waals surface area contributed by atoms with E-state index in [-0.39, 0.29) is 0 Å². The zero-order valence-electron chi connectivity index (χ0n) is 12.3. The highest BCUT2D eigenvalue weighted by Crippen LogP contribution is 2.26. The molecule has 0 saturated heterocycles. The maximum absolute atomic E-state index is 4.30. The number of hydrogen-bond acceptors (Lipinski definition) is 4. The van der Waals surface area contributed by atoms with E-state index >= 15 is 0 Å². The number of hydrogen-bond donors (Lipinski definition) is 0. The molecular formula is C17H17N3S2. The summed E-state index contributed by atoms with van der Waals surface area (Å²) in [5.74, 6) is 1.83. The molecule has 2 aromatic carbocycles. The first-order valence-corrected chi connectivity index (χ1v) is 9.03. The third-order valence-corrected chi connectivity index (χ3v) is 5.40. The van der Waals surface area contributed by atoms with Crippen LogP contribution in [0.15, 0.2) is 71.0 Å². The summed E-state index contributed by atoms with van der Waals surface area (Å²) in [6.45, 7) is 0. The Morgan fingerprint density at radius 1 is 0.727 bits per heavy atom. The fraction of sp³-hybridized carbons (Fsp3) is 0.176. The fourth-order valence-corrected chi connectivity index (χ4v) is 3.79.